The molecule has 1 N–H and O–H groups in total. The van der Waals surface area contributed by atoms with Crippen molar-refractivity contribution in [1.82, 2.24) is 4.98 Å². The zero-order chi connectivity index (χ0) is 30.5. The van der Waals surface area contributed by atoms with E-state index < -0.39 is 24.3 Å². The van der Waals surface area contributed by atoms with E-state index in [2.05, 4.69) is 18.1 Å². The Bertz CT molecular complexity index is 1570. The standard InChI is InChI=1S/C30H24F3NO5S2/c1-16(12-35)18(3)24-10-23(11-25(19(4)17(2)13-36)28(24)39-14-27(37)38)40-15-26-20(5)34-29(41-26)21-6-8-22(9-7-21)30(31,32)33/h6-11H,3-4,14-15H2,1-2,5H3,(H,37,38). The second-order valence-electron chi connectivity index (χ2n) is 8.83. The second kappa shape index (κ2) is 13.0. The quantitative estimate of drug-likeness (QED) is 0.139. The maximum absolute atomic E-state index is 12.9. The van der Waals surface area contributed by atoms with Gasteiger partial charge in [0.15, 0.2) is 6.61 Å². The Kier molecular flexibility index (Phi) is 9.97. The van der Waals surface area contributed by atoms with Crippen LogP contribution in [-0.2, 0) is 26.3 Å². The number of aromatic nitrogens is 1. The van der Waals surface area contributed by atoms with Crippen LogP contribution < -0.4 is 4.74 Å². The number of carboxylic acids is 1. The van der Waals surface area contributed by atoms with Crippen molar-refractivity contribution in [1.29, 1.82) is 0 Å². The molecular weight excluding hydrogens is 575 g/mol. The first-order valence-electron chi connectivity index (χ1n) is 11.9. The van der Waals surface area contributed by atoms with Gasteiger partial charge in [0, 0.05) is 43.4 Å². The number of hydrogen-bond donors (Lipinski definition) is 1. The van der Waals surface area contributed by atoms with Gasteiger partial charge in [-0.25, -0.2) is 19.4 Å². The summed E-state index contributed by atoms with van der Waals surface area (Å²) >= 11 is 2.74. The molecule has 0 unspecified atom stereocenters. The number of carbonyl (C=O) groups excluding carboxylic acids is 2. The molecule has 1 aromatic heterocycles. The fourth-order valence-electron chi connectivity index (χ4n) is 3.59. The number of thiazole rings is 1. The van der Waals surface area contributed by atoms with Crippen molar-refractivity contribution in [3.63, 3.8) is 0 Å². The van der Waals surface area contributed by atoms with E-state index in [9.17, 15) is 32.7 Å². The van der Waals surface area contributed by atoms with E-state index in [0.29, 0.717) is 38.0 Å². The summed E-state index contributed by atoms with van der Waals surface area (Å²) in [5, 5.41) is 9.78. The molecule has 1 heterocycles. The van der Waals surface area contributed by atoms with Crippen LogP contribution in [0.5, 0.6) is 5.75 Å². The normalized spacial score (nSPS) is 10.9. The molecule has 0 fully saturated rings. The molecule has 0 aliphatic heterocycles. The zero-order valence-electron chi connectivity index (χ0n) is 22.3. The van der Waals surface area contributed by atoms with Gasteiger partial charge in [0.25, 0.3) is 0 Å². The summed E-state index contributed by atoms with van der Waals surface area (Å²) in [4.78, 5) is 40.1. The van der Waals surface area contributed by atoms with Crippen LogP contribution in [0.1, 0.15) is 41.1 Å². The monoisotopic (exact) mass is 599 g/mol. The van der Waals surface area contributed by atoms with Gasteiger partial charge >= 0.3 is 12.1 Å². The van der Waals surface area contributed by atoms with Crippen molar-refractivity contribution in [3.05, 3.63) is 88.0 Å². The second-order valence-corrected chi connectivity index (χ2v) is 11.0. The lowest BCUT2D eigenvalue weighted by atomic mass is 9.93. The van der Waals surface area contributed by atoms with Crippen LogP contribution in [0.25, 0.3) is 21.7 Å². The van der Waals surface area contributed by atoms with Gasteiger partial charge in [0.2, 0.25) is 0 Å². The van der Waals surface area contributed by atoms with E-state index in [1.165, 1.54) is 49.1 Å². The van der Waals surface area contributed by atoms with Crippen LogP contribution in [0.4, 0.5) is 13.2 Å². The summed E-state index contributed by atoms with van der Waals surface area (Å²) < 4.78 is 44.4. The smallest absolute Gasteiger partial charge is 0.416 e. The predicted octanol–water partition coefficient (Wildman–Crippen LogP) is 7.48. The highest BCUT2D eigenvalue weighted by atomic mass is 32.2. The molecule has 3 rings (SSSR count). The van der Waals surface area contributed by atoms with E-state index in [-0.39, 0.29) is 28.0 Å². The number of thioether (sulfide) groups is 1. The average Bonchev–Trinajstić information content (AvgIpc) is 3.32. The average molecular weight is 600 g/mol. The lowest BCUT2D eigenvalue weighted by Gasteiger charge is -2.19. The van der Waals surface area contributed by atoms with Crippen LogP contribution >= 0.6 is 23.1 Å². The fourth-order valence-corrected chi connectivity index (χ4v) is 5.77. The fraction of sp³-hybridized carbons (Fsp3) is 0.200. The Balaban J connectivity index is 2.02. The van der Waals surface area contributed by atoms with E-state index >= 15 is 0 Å². The van der Waals surface area contributed by atoms with Crippen molar-refractivity contribution < 1.29 is 37.4 Å². The first kappa shape index (κ1) is 31.4. The first-order valence-corrected chi connectivity index (χ1v) is 13.7. The van der Waals surface area contributed by atoms with Crippen LogP contribution in [0.2, 0.25) is 0 Å². The SMILES string of the molecule is C=C(C(C)=C=O)c1cc(SCc2sc(-c3ccc(C(F)(F)F)cc3)nc2C)cc(C(=C)C(C)=C=O)c1OCC(=O)O. The molecule has 0 bridgehead atoms. The van der Waals surface area contributed by atoms with Crippen molar-refractivity contribution in [2.45, 2.75) is 37.6 Å². The number of aryl methyl sites for hydroxylation is 1. The van der Waals surface area contributed by atoms with Crippen LogP contribution in [0.3, 0.4) is 0 Å². The number of rotatable bonds is 11. The summed E-state index contributed by atoms with van der Waals surface area (Å²) in [7, 11) is 0. The highest BCUT2D eigenvalue weighted by molar-refractivity contribution is 7.98. The molecule has 41 heavy (non-hydrogen) atoms. The zero-order valence-corrected chi connectivity index (χ0v) is 23.9. The van der Waals surface area contributed by atoms with Gasteiger partial charge in [-0.15, -0.1) is 23.1 Å². The number of ether oxygens (including phenoxy) is 1. The van der Waals surface area contributed by atoms with Crippen molar-refractivity contribution in [2.75, 3.05) is 6.61 Å². The summed E-state index contributed by atoms with van der Waals surface area (Å²) in [6.07, 6.45) is -4.43. The van der Waals surface area contributed by atoms with Crippen LogP contribution in [-0.4, -0.2) is 34.5 Å². The van der Waals surface area contributed by atoms with Crippen molar-refractivity contribution in [3.8, 4) is 16.3 Å². The molecule has 2 aromatic carbocycles. The molecule has 0 saturated heterocycles. The minimum atomic E-state index is -4.43. The number of allylic oxidation sites excluding steroid dienone is 4. The summed E-state index contributed by atoms with van der Waals surface area (Å²) in [5.41, 5.74) is 2.05. The molecule has 3 aromatic rings. The van der Waals surface area contributed by atoms with Gasteiger partial charge in [-0.05, 0) is 56.2 Å². The van der Waals surface area contributed by atoms with Crippen molar-refractivity contribution in [2.24, 2.45) is 0 Å². The number of nitrogens with zero attached hydrogens (tertiary/aromatic N) is 1. The molecule has 11 heteroatoms. The Morgan fingerprint density at radius 1 is 1.05 bits per heavy atom. The van der Waals surface area contributed by atoms with E-state index in [0.717, 1.165) is 17.0 Å². The summed E-state index contributed by atoms with van der Waals surface area (Å²) in [5.74, 6) is 2.86. The van der Waals surface area contributed by atoms with Gasteiger partial charge < -0.3 is 9.84 Å². The third-order valence-electron chi connectivity index (χ3n) is 5.99. The number of halogens is 3. The number of carboxylic acid groups (broad SMARTS) is 1. The first-order chi connectivity index (χ1) is 19.3. The molecule has 0 saturated carbocycles. The van der Waals surface area contributed by atoms with Gasteiger partial charge in [-0.3, -0.25) is 0 Å². The van der Waals surface area contributed by atoms with E-state index in [1.807, 2.05) is 0 Å². The minimum absolute atomic E-state index is 0.0921. The third kappa shape index (κ3) is 7.54. The third-order valence-corrected chi connectivity index (χ3v) is 8.38. The minimum Gasteiger partial charge on any atom is -0.481 e. The molecule has 6 nitrogen and oxygen atoms in total. The maximum Gasteiger partial charge on any atom is 0.416 e. The highest BCUT2D eigenvalue weighted by Crippen LogP contribution is 2.42. The highest BCUT2D eigenvalue weighted by Gasteiger charge is 2.30. The lowest BCUT2D eigenvalue weighted by Crippen LogP contribution is -2.12. The number of carbonyl (C=O) groups is 1. The maximum atomic E-state index is 12.9. The number of alkyl halides is 3. The molecule has 0 spiro atoms. The molecule has 0 aliphatic rings. The van der Waals surface area contributed by atoms with Crippen LogP contribution in [0, 0.1) is 6.92 Å². The van der Waals surface area contributed by atoms with Gasteiger partial charge in [0.1, 0.15) is 22.6 Å². The predicted molar refractivity (Wildman–Crippen MR) is 154 cm³/mol. The van der Waals surface area contributed by atoms with E-state index in [4.69, 9.17) is 4.74 Å². The Morgan fingerprint density at radius 2 is 1.59 bits per heavy atom. The number of aliphatic carboxylic acids is 1. The van der Waals surface area contributed by atoms with Gasteiger partial charge in [0.05, 0.1) is 11.3 Å². The molecule has 0 atom stereocenters. The molecule has 212 valence electrons. The Labute approximate surface area is 242 Å². The molecule has 0 aliphatic carbocycles. The summed E-state index contributed by atoms with van der Waals surface area (Å²) in [6.45, 7) is 12.0. The van der Waals surface area contributed by atoms with Crippen molar-refractivity contribution >= 4 is 52.1 Å². The van der Waals surface area contributed by atoms with Gasteiger partial charge in [-0.1, -0.05) is 25.3 Å². The largest absolute Gasteiger partial charge is 0.481 e. The number of benzene rings is 2. The molecule has 0 radical (unpaired) electrons. The number of hydrogen-bond acceptors (Lipinski definition) is 7. The topological polar surface area (TPSA) is 93.6 Å². The summed E-state index contributed by atoms with van der Waals surface area (Å²) in [6, 6.07) is 8.18. The molecule has 0 amide bonds. The lowest BCUT2D eigenvalue weighted by molar-refractivity contribution is -0.139. The molecular formula is C30H24F3NO5S2. The van der Waals surface area contributed by atoms with Gasteiger partial charge in [-0.2, -0.15) is 13.2 Å². The Morgan fingerprint density at radius 3 is 2.05 bits per heavy atom. The van der Waals surface area contributed by atoms with E-state index in [1.54, 1.807) is 30.9 Å². The van der Waals surface area contributed by atoms with Crippen LogP contribution in [0.15, 0.2) is 65.6 Å². The Hall–Kier alpha value is -4.14.